The van der Waals surface area contributed by atoms with Crippen LogP contribution < -0.4 is 0 Å². The van der Waals surface area contributed by atoms with Crippen LogP contribution >= 0.6 is 27.7 Å². The van der Waals surface area contributed by atoms with Crippen molar-refractivity contribution < 1.29 is 4.79 Å². The van der Waals surface area contributed by atoms with Crippen molar-refractivity contribution in [3.8, 4) is 0 Å². The highest BCUT2D eigenvalue weighted by Crippen LogP contribution is 2.22. The van der Waals surface area contributed by atoms with Crippen LogP contribution in [0.2, 0.25) is 0 Å². The standard InChI is InChI=1S/C12H15BrOS/c1-4-9-7-10(15-3)5-6-11(9)12(14)8(2)13/h5-8H,4H2,1-3H3. The lowest BCUT2D eigenvalue weighted by molar-refractivity contribution is 0.0995. The highest BCUT2D eigenvalue weighted by molar-refractivity contribution is 9.10. The number of thioether (sulfide) groups is 1. The Hall–Kier alpha value is -0.280. The third-order valence-corrected chi connectivity index (χ3v) is 3.46. The van der Waals surface area contributed by atoms with Gasteiger partial charge in [0.05, 0.1) is 4.83 Å². The Morgan fingerprint density at radius 1 is 1.53 bits per heavy atom. The van der Waals surface area contributed by atoms with E-state index in [1.165, 1.54) is 4.90 Å². The number of aryl methyl sites for hydroxylation is 1. The molecule has 82 valence electrons. The summed E-state index contributed by atoms with van der Waals surface area (Å²) in [7, 11) is 0. The summed E-state index contributed by atoms with van der Waals surface area (Å²) in [4.78, 5) is 13.0. The molecule has 0 spiro atoms. The van der Waals surface area contributed by atoms with Gasteiger partial charge in [0.15, 0.2) is 5.78 Å². The monoisotopic (exact) mass is 286 g/mol. The van der Waals surface area contributed by atoms with Gasteiger partial charge in [-0.15, -0.1) is 11.8 Å². The fraction of sp³-hybridized carbons (Fsp3) is 0.417. The molecule has 0 saturated heterocycles. The molecule has 0 aromatic heterocycles. The third kappa shape index (κ3) is 3.08. The summed E-state index contributed by atoms with van der Waals surface area (Å²) in [5, 5.41) is 0. The van der Waals surface area contributed by atoms with Crippen LogP contribution in [0.25, 0.3) is 0 Å². The number of rotatable bonds is 4. The quantitative estimate of drug-likeness (QED) is 0.474. The zero-order chi connectivity index (χ0) is 11.4. The van der Waals surface area contributed by atoms with Gasteiger partial charge in [0, 0.05) is 10.5 Å². The Morgan fingerprint density at radius 3 is 2.67 bits per heavy atom. The third-order valence-electron chi connectivity index (χ3n) is 2.32. The van der Waals surface area contributed by atoms with Gasteiger partial charge in [0.25, 0.3) is 0 Å². The summed E-state index contributed by atoms with van der Waals surface area (Å²) in [6, 6.07) is 6.05. The number of benzene rings is 1. The van der Waals surface area contributed by atoms with E-state index >= 15 is 0 Å². The summed E-state index contributed by atoms with van der Waals surface area (Å²) >= 11 is 5.02. The lowest BCUT2D eigenvalue weighted by atomic mass is 10.0. The van der Waals surface area contributed by atoms with Gasteiger partial charge in [0.1, 0.15) is 0 Å². The topological polar surface area (TPSA) is 17.1 Å². The van der Waals surface area contributed by atoms with Gasteiger partial charge in [-0.3, -0.25) is 4.79 Å². The predicted molar refractivity (Wildman–Crippen MR) is 70.3 cm³/mol. The molecule has 3 heteroatoms. The van der Waals surface area contributed by atoms with E-state index in [9.17, 15) is 4.79 Å². The first kappa shape index (κ1) is 12.8. The normalized spacial score (nSPS) is 12.5. The second-order valence-electron chi connectivity index (χ2n) is 3.36. The minimum absolute atomic E-state index is 0.108. The van der Waals surface area contributed by atoms with Crippen molar-refractivity contribution in [2.24, 2.45) is 0 Å². The number of hydrogen-bond donors (Lipinski definition) is 0. The van der Waals surface area contributed by atoms with Gasteiger partial charge >= 0.3 is 0 Å². The number of halogens is 1. The van der Waals surface area contributed by atoms with E-state index in [1.54, 1.807) is 11.8 Å². The van der Waals surface area contributed by atoms with E-state index in [1.807, 2.05) is 25.3 Å². The molecule has 0 aliphatic heterocycles. The summed E-state index contributed by atoms with van der Waals surface area (Å²) < 4.78 is 0. The van der Waals surface area contributed by atoms with Gasteiger partial charge in [0.2, 0.25) is 0 Å². The van der Waals surface area contributed by atoms with Crippen LogP contribution in [0.5, 0.6) is 0 Å². The summed E-state index contributed by atoms with van der Waals surface area (Å²) in [6.45, 7) is 3.94. The number of carbonyl (C=O) groups is 1. The Bertz CT molecular complexity index is 361. The van der Waals surface area contributed by atoms with Crippen LogP contribution in [0.4, 0.5) is 0 Å². The van der Waals surface area contributed by atoms with E-state index in [4.69, 9.17) is 0 Å². The highest BCUT2D eigenvalue weighted by atomic mass is 79.9. The molecule has 1 aromatic carbocycles. The van der Waals surface area contributed by atoms with E-state index in [2.05, 4.69) is 28.9 Å². The van der Waals surface area contributed by atoms with Crippen LogP contribution in [-0.2, 0) is 6.42 Å². The van der Waals surface area contributed by atoms with Crippen molar-refractivity contribution >= 4 is 33.5 Å². The summed E-state index contributed by atoms with van der Waals surface area (Å²) in [6.07, 6.45) is 2.94. The fourth-order valence-corrected chi connectivity index (χ4v) is 2.16. The van der Waals surface area contributed by atoms with Crippen LogP contribution in [0.1, 0.15) is 29.8 Å². The molecule has 0 radical (unpaired) electrons. The number of ketones is 1. The Balaban J connectivity index is 3.13. The van der Waals surface area contributed by atoms with Gasteiger partial charge < -0.3 is 0 Å². The molecule has 1 nitrogen and oxygen atoms in total. The first-order chi connectivity index (χ1) is 7.10. The highest BCUT2D eigenvalue weighted by Gasteiger charge is 2.15. The largest absolute Gasteiger partial charge is 0.293 e. The fourth-order valence-electron chi connectivity index (χ4n) is 1.44. The maximum absolute atomic E-state index is 11.9. The van der Waals surface area contributed by atoms with Crippen molar-refractivity contribution in [3.05, 3.63) is 29.3 Å². The average molecular weight is 287 g/mol. The first-order valence-electron chi connectivity index (χ1n) is 4.95. The van der Waals surface area contributed by atoms with Crippen LogP contribution in [0.3, 0.4) is 0 Å². The lowest BCUT2D eigenvalue weighted by Gasteiger charge is -2.09. The zero-order valence-electron chi connectivity index (χ0n) is 9.21. The molecule has 0 saturated carbocycles. The molecule has 1 rings (SSSR count). The molecule has 0 aliphatic carbocycles. The molecule has 0 heterocycles. The van der Waals surface area contributed by atoms with Gasteiger partial charge in [-0.25, -0.2) is 0 Å². The van der Waals surface area contributed by atoms with Crippen molar-refractivity contribution in [1.82, 2.24) is 0 Å². The lowest BCUT2D eigenvalue weighted by Crippen LogP contribution is -2.12. The van der Waals surface area contributed by atoms with E-state index in [-0.39, 0.29) is 10.6 Å². The number of alkyl halides is 1. The Labute approximate surface area is 104 Å². The molecular formula is C12H15BrOS. The molecule has 15 heavy (non-hydrogen) atoms. The van der Waals surface area contributed by atoms with E-state index in [0.29, 0.717) is 0 Å². The van der Waals surface area contributed by atoms with Crippen LogP contribution in [0.15, 0.2) is 23.1 Å². The molecule has 0 aliphatic rings. The van der Waals surface area contributed by atoms with E-state index in [0.717, 1.165) is 17.5 Å². The molecule has 0 fully saturated rings. The predicted octanol–water partition coefficient (Wildman–Crippen LogP) is 3.94. The average Bonchev–Trinajstić information content (AvgIpc) is 2.27. The molecule has 0 N–H and O–H groups in total. The molecule has 1 aromatic rings. The summed E-state index contributed by atoms with van der Waals surface area (Å²) in [5.74, 6) is 0.166. The van der Waals surface area contributed by atoms with E-state index < -0.39 is 0 Å². The SMILES string of the molecule is CCc1cc(SC)ccc1C(=O)C(C)Br. The smallest absolute Gasteiger partial charge is 0.176 e. The van der Waals surface area contributed by atoms with Gasteiger partial charge in [-0.05, 0) is 43.4 Å². The Kier molecular flexibility index (Phi) is 4.87. The molecular weight excluding hydrogens is 272 g/mol. The zero-order valence-corrected chi connectivity index (χ0v) is 11.6. The van der Waals surface area contributed by atoms with Crippen molar-refractivity contribution in [2.45, 2.75) is 30.0 Å². The van der Waals surface area contributed by atoms with Gasteiger partial charge in [-0.1, -0.05) is 22.9 Å². The maximum Gasteiger partial charge on any atom is 0.176 e. The van der Waals surface area contributed by atoms with Crippen molar-refractivity contribution in [1.29, 1.82) is 0 Å². The first-order valence-corrected chi connectivity index (χ1v) is 7.09. The van der Waals surface area contributed by atoms with Gasteiger partial charge in [-0.2, -0.15) is 0 Å². The molecule has 1 atom stereocenters. The number of Topliss-reactive ketones (excluding diaryl/α,β-unsaturated/α-hetero) is 1. The second-order valence-corrected chi connectivity index (χ2v) is 5.61. The minimum Gasteiger partial charge on any atom is -0.293 e. The van der Waals surface area contributed by atoms with Crippen molar-refractivity contribution in [2.75, 3.05) is 6.26 Å². The second kappa shape index (κ2) is 5.71. The number of carbonyl (C=O) groups excluding carboxylic acids is 1. The van der Waals surface area contributed by atoms with Crippen molar-refractivity contribution in [3.63, 3.8) is 0 Å². The molecule has 1 unspecified atom stereocenters. The molecule has 0 amide bonds. The maximum atomic E-state index is 11.9. The summed E-state index contributed by atoms with van der Waals surface area (Å²) in [5.41, 5.74) is 1.98. The minimum atomic E-state index is -0.108. The Morgan fingerprint density at radius 2 is 2.20 bits per heavy atom. The number of hydrogen-bond acceptors (Lipinski definition) is 2. The van der Waals surface area contributed by atoms with Crippen LogP contribution in [0, 0.1) is 0 Å². The molecule has 0 bridgehead atoms. The van der Waals surface area contributed by atoms with Crippen LogP contribution in [-0.4, -0.2) is 16.9 Å².